The van der Waals surface area contributed by atoms with Gasteiger partial charge in [-0.1, -0.05) is 6.42 Å². The van der Waals surface area contributed by atoms with E-state index in [0.29, 0.717) is 10.7 Å². The largest absolute Gasteiger partial charge is 0.372 e. The maximum absolute atomic E-state index is 11.7. The molecule has 0 atom stereocenters. The SMILES string of the molecule is CNc1nc2c(cc1S(C)(=O)=O)CCCCC2. The molecular weight excluding hydrogens is 236 g/mol. The first-order valence-corrected chi connectivity index (χ1v) is 7.82. The van der Waals surface area contributed by atoms with Crippen molar-refractivity contribution in [3.8, 4) is 0 Å². The molecule has 0 aromatic carbocycles. The smallest absolute Gasteiger partial charge is 0.179 e. The normalized spacial score (nSPS) is 16.1. The zero-order valence-corrected chi connectivity index (χ0v) is 11.1. The Morgan fingerprint density at radius 1 is 1.24 bits per heavy atom. The molecule has 1 heterocycles. The van der Waals surface area contributed by atoms with Crippen LogP contribution < -0.4 is 5.32 Å². The first-order chi connectivity index (χ1) is 8.02. The monoisotopic (exact) mass is 254 g/mol. The molecule has 0 fully saturated rings. The number of nitrogens with zero attached hydrogens (tertiary/aromatic N) is 1. The van der Waals surface area contributed by atoms with E-state index < -0.39 is 9.84 Å². The van der Waals surface area contributed by atoms with Crippen molar-refractivity contribution in [1.82, 2.24) is 4.98 Å². The molecule has 2 rings (SSSR count). The Balaban J connectivity index is 2.58. The van der Waals surface area contributed by atoms with Crippen molar-refractivity contribution in [3.05, 3.63) is 17.3 Å². The van der Waals surface area contributed by atoms with E-state index in [0.717, 1.165) is 36.9 Å². The second-order valence-electron chi connectivity index (χ2n) is 4.52. The average molecular weight is 254 g/mol. The third-order valence-electron chi connectivity index (χ3n) is 3.15. The molecule has 0 amide bonds. The van der Waals surface area contributed by atoms with Crippen molar-refractivity contribution in [2.75, 3.05) is 18.6 Å². The molecule has 0 spiro atoms. The van der Waals surface area contributed by atoms with Crippen LogP contribution >= 0.6 is 0 Å². The van der Waals surface area contributed by atoms with Crippen molar-refractivity contribution < 1.29 is 8.42 Å². The Kier molecular flexibility index (Phi) is 3.38. The quantitative estimate of drug-likeness (QED) is 0.818. The molecule has 1 N–H and O–H groups in total. The summed E-state index contributed by atoms with van der Waals surface area (Å²) in [5.41, 5.74) is 2.15. The fraction of sp³-hybridized carbons (Fsp3) is 0.583. The van der Waals surface area contributed by atoms with Gasteiger partial charge in [0.15, 0.2) is 9.84 Å². The van der Waals surface area contributed by atoms with E-state index in [9.17, 15) is 8.42 Å². The lowest BCUT2D eigenvalue weighted by Gasteiger charge is -2.12. The molecule has 94 valence electrons. The summed E-state index contributed by atoms with van der Waals surface area (Å²) in [6.07, 6.45) is 6.58. The highest BCUT2D eigenvalue weighted by Crippen LogP contribution is 2.26. The number of hydrogen-bond acceptors (Lipinski definition) is 4. The lowest BCUT2D eigenvalue weighted by molar-refractivity contribution is 0.601. The van der Waals surface area contributed by atoms with Gasteiger partial charge in [0.25, 0.3) is 0 Å². The third kappa shape index (κ3) is 2.60. The van der Waals surface area contributed by atoms with Gasteiger partial charge in [-0.15, -0.1) is 0 Å². The topological polar surface area (TPSA) is 59.1 Å². The highest BCUT2D eigenvalue weighted by Gasteiger charge is 2.19. The van der Waals surface area contributed by atoms with Crippen LogP contribution in [-0.4, -0.2) is 26.7 Å². The van der Waals surface area contributed by atoms with Crippen LogP contribution in [0.25, 0.3) is 0 Å². The van der Waals surface area contributed by atoms with Crippen molar-refractivity contribution in [1.29, 1.82) is 0 Å². The number of aromatic nitrogens is 1. The predicted molar refractivity (Wildman–Crippen MR) is 68.2 cm³/mol. The first kappa shape index (κ1) is 12.4. The van der Waals surface area contributed by atoms with Crippen molar-refractivity contribution >= 4 is 15.7 Å². The molecule has 1 aliphatic rings. The van der Waals surface area contributed by atoms with Gasteiger partial charge in [0.05, 0.1) is 0 Å². The van der Waals surface area contributed by atoms with Gasteiger partial charge < -0.3 is 5.32 Å². The summed E-state index contributed by atoms with van der Waals surface area (Å²) in [4.78, 5) is 4.79. The number of hydrogen-bond donors (Lipinski definition) is 1. The Morgan fingerprint density at radius 2 is 1.94 bits per heavy atom. The van der Waals surface area contributed by atoms with Gasteiger partial charge in [-0.25, -0.2) is 13.4 Å². The number of fused-ring (bicyclic) bond motifs is 1. The molecule has 0 unspecified atom stereocenters. The minimum atomic E-state index is -3.22. The molecule has 1 aromatic heterocycles. The fourth-order valence-corrected chi connectivity index (χ4v) is 3.11. The predicted octanol–water partition coefficient (Wildman–Crippen LogP) is 1.80. The van der Waals surface area contributed by atoms with Crippen LogP contribution in [0.3, 0.4) is 0 Å². The number of nitrogens with one attached hydrogen (secondary N) is 1. The molecule has 0 aliphatic heterocycles. The summed E-state index contributed by atoms with van der Waals surface area (Å²) < 4.78 is 23.4. The number of aryl methyl sites for hydroxylation is 2. The summed E-state index contributed by atoms with van der Waals surface area (Å²) in [7, 11) is -1.51. The van der Waals surface area contributed by atoms with Crippen LogP contribution in [0.5, 0.6) is 0 Å². The summed E-state index contributed by atoms with van der Waals surface area (Å²) in [5, 5.41) is 2.88. The lowest BCUT2D eigenvalue weighted by Crippen LogP contribution is -2.08. The van der Waals surface area contributed by atoms with Gasteiger partial charge in [0.2, 0.25) is 0 Å². The van der Waals surface area contributed by atoms with Gasteiger partial charge in [-0.3, -0.25) is 0 Å². The van der Waals surface area contributed by atoms with Gasteiger partial charge in [0, 0.05) is 19.0 Å². The first-order valence-electron chi connectivity index (χ1n) is 5.93. The van der Waals surface area contributed by atoms with E-state index in [4.69, 9.17) is 0 Å². The van der Waals surface area contributed by atoms with Gasteiger partial charge in [-0.2, -0.15) is 0 Å². The fourth-order valence-electron chi connectivity index (χ4n) is 2.25. The van der Waals surface area contributed by atoms with Crippen LogP contribution in [-0.2, 0) is 22.7 Å². The summed E-state index contributed by atoms with van der Waals surface area (Å²) in [5.74, 6) is 0.480. The summed E-state index contributed by atoms with van der Waals surface area (Å²) in [6, 6.07) is 1.80. The second kappa shape index (κ2) is 4.64. The molecule has 1 aliphatic carbocycles. The van der Waals surface area contributed by atoms with Crippen LogP contribution in [0.1, 0.15) is 30.5 Å². The zero-order valence-electron chi connectivity index (χ0n) is 10.3. The maximum Gasteiger partial charge on any atom is 0.179 e. The molecule has 5 heteroatoms. The highest BCUT2D eigenvalue weighted by molar-refractivity contribution is 7.90. The standard InChI is InChI=1S/C12H18N2O2S/c1-13-12-11(17(2,15)16)8-9-6-4-3-5-7-10(9)14-12/h8H,3-7H2,1-2H3,(H,13,14). The minimum Gasteiger partial charge on any atom is -0.372 e. The van der Waals surface area contributed by atoms with Gasteiger partial charge in [-0.05, 0) is 37.3 Å². The summed E-state index contributed by atoms with van der Waals surface area (Å²) >= 11 is 0. The van der Waals surface area contributed by atoms with E-state index in [2.05, 4.69) is 10.3 Å². The number of sulfone groups is 1. The van der Waals surface area contributed by atoms with Gasteiger partial charge >= 0.3 is 0 Å². The number of pyridine rings is 1. The molecular formula is C12H18N2O2S. The maximum atomic E-state index is 11.7. The van der Waals surface area contributed by atoms with Crippen molar-refractivity contribution in [2.45, 2.75) is 37.0 Å². The molecule has 17 heavy (non-hydrogen) atoms. The van der Waals surface area contributed by atoms with Crippen LogP contribution in [0.15, 0.2) is 11.0 Å². The molecule has 1 aromatic rings. The average Bonchev–Trinajstić information content (AvgIpc) is 2.50. The molecule has 0 radical (unpaired) electrons. The van der Waals surface area contributed by atoms with E-state index in [1.807, 2.05) is 0 Å². The van der Waals surface area contributed by atoms with Crippen LogP contribution in [0.4, 0.5) is 5.82 Å². The number of rotatable bonds is 2. The minimum absolute atomic E-state index is 0.320. The molecule has 0 bridgehead atoms. The molecule has 0 saturated heterocycles. The zero-order chi connectivity index (χ0) is 12.5. The molecule has 0 saturated carbocycles. The van der Waals surface area contributed by atoms with E-state index in [1.165, 1.54) is 12.7 Å². The van der Waals surface area contributed by atoms with Gasteiger partial charge in [0.1, 0.15) is 10.7 Å². The van der Waals surface area contributed by atoms with E-state index in [-0.39, 0.29) is 0 Å². The molecule has 4 nitrogen and oxygen atoms in total. The van der Waals surface area contributed by atoms with Crippen molar-refractivity contribution in [2.24, 2.45) is 0 Å². The summed E-state index contributed by atoms with van der Waals surface area (Å²) in [6.45, 7) is 0. The Hall–Kier alpha value is -1.10. The third-order valence-corrected chi connectivity index (χ3v) is 4.26. The van der Waals surface area contributed by atoms with E-state index >= 15 is 0 Å². The van der Waals surface area contributed by atoms with Crippen LogP contribution in [0.2, 0.25) is 0 Å². The Labute approximate surface area is 102 Å². The number of anilines is 1. The van der Waals surface area contributed by atoms with Crippen molar-refractivity contribution in [3.63, 3.8) is 0 Å². The van der Waals surface area contributed by atoms with Crippen LogP contribution in [0, 0.1) is 0 Å². The Bertz CT molecular complexity index is 524. The lowest BCUT2D eigenvalue weighted by atomic mass is 10.1. The highest BCUT2D eigenvalue weighted by atomic mass is 32.2. The Morgan fingerprint density at radius 3 is 2.59 bits per heavy atom. The second-order valence-corrected chi connectivity index (χ2v) is 6.51. The van der Waals surface area contributed by atoms with E-state index in [1.54, 1.807) is 13.1 Å².